The molecule has 1 aromatic rings. The molecule has 0 N–H and O–H groups in total. The summed E-state index contributed by atoms with van der Waals surface area (Å²) in [6, 6.07) is 4.32. The van der Waals surface area contributed by atoms with Crippen LogP contribution in [0.15, 0.2) is 24.3 Å². The third kappa shape index (κ3) is 4.08. The highest BCUT2D eigenvalue weighted by Crippen LogP contribution is 2.29. The molecule has 1 fully saturated rings. The Morgan fingerprint density at radius 1 is 1.27 bits per heavy atom. The number of nitrogens with zero attached hydrogens (tertiary/aromatic N) is 1. The summed E-state index contributed by atoms with van der Waals surface area (Å²) >= 11 is 0. The maximum atomic E-state index is 12.6. The summed E-state index contributed by atoms with van der Waals surface area (Å²) < 4.78 is 37.8. The number of amides is 1. The zero-order chi connectivity index (χ0) is 16.3. The Balaban J connectivity index is 1.94. The van der Waals surface area contributed by atoms with Gasteiger partial charge in [-0.05, 0) is 24.5 Å². The van der Waals surface area contributed by atoms with Gasteiger partial charge in [-0.3, -0.25) is 9.59 Å². The van der Waals surface area contributed by atoms with E-state index in [0.29, 0.717) is 19.0 Å². The number of alkyl halides is 3. The van der Waals surface area contributed by atoms with E-state index >= 15 is 0 Å². The number of halogens is 3. The standard InChI is InChI=1S/C16H18F3NO2/c1-11-7-8-20(10-11)15(22)6-5-14(21)12-3-2-4-13(9-12)16(17,18)19/h2-4,9,11H,5-8,10H2,1H3/t11-/m0/s1. The summed E-state index contributed by atoms with van der Waals surface area (Å²) in [5.74, 6) is -0.0838. The Kier molecular flexibility index (Phi) is 4.88. The molecule has 22 heavy (non-hydrogen) atoms. The van der Waals surface area contributed by atoms with Crippen molar-refractivity contribution in [2.75, 3.05) is 13.1 Å². The largest absolute Gasteiger partial charge is 0.416 e. The van der Waals surface area contributed by atoms with Gasteiger partial charge in [0.2, 0.25) is 5.91 Å². The molecule has 0 radical (unpaired) electrons. The number of carbonyl (C=O) groups excluding carboxylic acids is 2. The molecule has 1 aliphatic heterocycles. The van der Waals surface area contributed by atoms with Crippen LogP contribution in [0.3, 0.4) is 0 Å². The lowest BCUT2D eigenvalue weighted by atomic mass is 10.0. The predicted molar refractivity (Wildman–Crippen MR) is 75.4 cm³/mol. The molecule has 3 nitrogen and oxygen atoms in total. The highest BCUT2D eigenvalue weighted by atomic mass is 19.4. The first-order valence-corrected chi connectivity index (χ1v) is 7.25. The normalized spacial score (nSPS) is 18.5. The lowest BCUT2D eigenvalue weighted by Crippen LogP contribution is -2.28. The van der Waals surface area contributed by atoms with Gasteiger partial charge in [0.05, 0.1) is 5.56 Å². The van der Waals surface area contributed by atoms with E-state index in [4.69, 9.17) is 0 Å². The molecule has 1 aliphatic rings. The lowest BCUT2D eigenvalue weighted by molar-refractivity contribution is -0.137. The van der Waals surface area contributed by atoms with E-state index in [1.165, 1.54) is 12.1 Å². The van der Waals surface area contributed by atoms with E-state index in [9.17, 15) is 22.8 Å². The molecule has 0 bridgehead atoms. The number of benzene rings is 1. The van der Waals surface area contributed by atoms with Gasteiger partial charge in [0.1, 0.15) is 0 Å². The average Bonchev–Trinajstić information content (AvgIpc) is 2.90. The highest BCUT2D eigenvalue weighted by molar-refractivity contribution is 5.98. The number of ketones is 1. The Morgan fingerprint density at radius 2 is 2.00 bits per heavy atom. The second kappa shape index (κ2) is 6.50. The minimum atomic E-state index is -4.47. The smallest absolute Gasteiger partial charge is 0.342 e. The maximum Gasteiger partial charge on any atom is 0.416 e. The molecule has 1 heterocycles. The summed E-state index contributed by atoms with van der Waals surface area (Å²) in [7, 11) is 0. The summed E-state index contributed by atoms with van der Waals surface area (Å²) in [6.07, 6.45) is -3.54. The van der Waals surface area contributed by atoms with Crippen LogP contribution in [0, 0.1) is 5.92 Å². The molecule has 0 aliphatic carbocycles. The van der Waals surface area contributed by atoms with Crippen LogP contribution in [-0.4, -0.2) is 29.7 Å². The predicted octanol–water partition coefficient (Wildman–Crippen LogP) is 3.54. The van der Waals surface area contributed by atoms with Crippen LogP contribution in [0.5, 0.6) is 0 Å². The van der Waals surface area contributed by atoms with Crippen LogP contribution < -0.4 is 0 Å². The van der Waals surface area contributed by atoms with Crippen molar-refractivity contribution >= 4 is 11.7 Å². The molecule has 0 saturated carbocycles. The minimum Gasteiger partial charge on any atom is -0.342 e. The van der Waals surface area contributed by atoms with Gasteiger partial charge in [0.15, 0.2) is 5.78 Å². The van der Waals surface area contributed by atoms with E-state index in [0.717, 1.165) is 18.6 Å². The fraction of sp³-hybridized carbons (Fsp3) is 0.500. The van der Waals surface area contributed by atoms with Crippen molar-refractivity contribution in [1.29, 1.82) is 0 Å². The van der Waals surface area contributed by atoms with Crippen LogP contribution in [0.25, 0.3) is 0 Å². The molecule has 1 aromatic carbocycles. The van der Waals surface area contributed by atoms with Gasteiger partial charge < -0.3 is 4.90 Å². The Hall–Kier alpha value is -1.85. The zero-order valence-electron chi connectivity index (χ0n) is 12.3. The molecule has 1 amide bonds. The van der Waals surface area contributed by atoms with Gasteiger partial charge in [0.25, 0.3) is 0 Å². The Morgan fingerprint density at radius 3 is 2.59 bits per heavy atom. The van der Waals surface area contributed by atoms with Gasteiger partial charge in [-0.2, -0.15) is 13.2 Å². The molecule has 0 aromatic heterocycles. The van der Waals surface area contributed by atoms with Crippen LogP contribution >= 0.6 is 0 Å². The molecule has 6 heteroatoms. The minimum absolute atomic E-state index is 0.00239. The molecule has 120 valence electrons. The summed E-state index contributed by atoms with van der Waals surface area (Å²) in [5.41, 5.74) is -0.851. The third-order valence-corrected chi connectivity index (χ3v) is 3.85. The van der Waals surface area contributed by atoms with Gasteiger partial charge in [0, 0.05) is 31.5 Å². The lowest BCUT2D eigenvalue weighted by Gasteiger charge is -2.15. The van der Waals surface area contributed by atoms with E-state index in [1.807, 2.05) is 0 Å². The van der Waals surface area contributed by atoms with Gasteiger partial charge >= 0.3 is 6.18 Å². The fourth-order valence-electron chi connectivity index (χ4n) is 2.55. The van der Waals surface area contributed by atoms with Crippen LogP contribution in [0.1, 0.15) is 42.1 Å². The number of hydrogen-bond acceptors (Lipinski definition) is 2. The van der Waals surface area contributed by atoms with Crippen molar-refractivity contribution in [3.05, 3.63) is 35.4 Å². The second-order valence-corrected chi connectivity index (χ2v) is 5.74. The van der Waals surface area contributed by atoms with Crippen LogP contribution in [-0.2, 0) is 11.0 Å². The molecular weight excluding hydrogens is 295 g/mol. The fourth-order valence-corrected chi connectivity index (χ4v) is 2.55. The van der Waals surface area contributed by atoms with E-state index in [1.54, 1.807) is 4.90 Å². The first kappa shape index (κ1) is 16.5. The molecule has 0 unspecified atom stereocenters. The van der Waals surface area contributed by atoms with Gasteiger partial charge in [-0.25, -0.2) is 0 Å². The van der Waals surface area contributed by atoms with Gasteiger partial charge in [-0.15, -0.1) is 0 Å². The number of rotatable bonds is 4. The van der Waals surface area contributed by atoms with Gasteiger partial charge in [-0.1, -0.05) is 19.1 Å². The van der Waals surface area contributed by atoms with Crippen molar-refractivity contribution in [2.24, 2.45) is 5.92 Å². The van der Waals surface area contributed by atoms with E-state index < -0.39 is 17.5 Å². The van der Waals surface area contributed by atoms with Crippen molar-refractivity contribution in [1.82, 2.24) is 4.90 Å². The highest BCUT2D eigenvalue weighted by Gasteiger charge is 2.31. The van der Waals surface area contributed by atoms with E-state index in [-0.39, 0.29) is 24.3 Å². The number of likely N-dealkylation sites (tertiary alicyclic amines) is 1. The molecular formula is C16H18F3NO2. The summed E-state index contributed by atoms with van der Waals surface area (Å²) in [4.78, 5) is 25.6. The summed E-state index contributed by atoms with van der Waals surface area (Å²) in [5, 5.41) is 0. The van der Waals surface area contributed by atoms with Crippen LogP contribution in [0.4, 0.5) is 13.2 Å². The Labute approximate surface area is 127 Å². The zero-order valence-corrected chi connectivity index (χ0v) is 12.3. The van der Waals surface area contributed by atoms with Crippen molar-refractivity contribution in [3.63, 3.8) is 0 Å². The van der Waals surface area contributed by atoms with Crippen LogP contribution in [0.2, 0.25) is 0 Å². The quantitative estimate of drug-likeness (QED) is 0.797. The Bertz CT molecular complexity index is 569. The number of hydrogen-bond donors (Lipinski definition) is 0. The number of Topliss-reactive ketones (excluding diaryl/α,β-unsaturated/α-hetero) is 1. The van der Waals surface area contributed by atoms with E-state index in [2.05, 4.69) is 6.92 Å². The van der Waals surface area contributed by atoms with Crippen molar-refractivity contribution in [2.45, 2.75) is 32.4 Å². The van der Waals surface area contributed by atoms with Crippen molar-refractivity contribution in [3.8, 4) is 0 Å². The number of carbonyl (C=O) groups is 2. The molecule has 1 saturated heterocycles. The SMILES string of the molecule is C[C@H]1CCN(C(=O)CCC(=O)c2cccc(C(F)(F)F)c2)C1. The summed E-state index contributed by atoms with van der Waals surface area (Å²) in [6.45, 7) is 3.44. The maximum absolute atomic E-state index is 12.6. The molecule has 2 rings (SSSR count). The molecule has 0 spiro atoms. The second-order valence-electron chi connectivity index (χ2n) is 5.74. The average molecular weight is 313 g/mol. The third-order valence-electron chi connectivity index (χ3n) is 3.85. The van der Waals surface area contributed by atoms with Crippen molar-refractivity contribution < 1.29 is 22.8 Å². The first-order chi connectivity index (χ1) is 10.3. The molecule has 1 atom stereocenters. The topological polar surface area (TPSA) is 37.4 Å². The first-order valence-electron chi connectivity index (χ1n) is 7.25. The monoisotopic (exact) mass is 313 g/mol.